The number of nitrogens with zero attached hydrogens (tertiary/aromatic N) is 1. The Morgan fingerprint density at radius 2 is 2.00 bits per heavy atom. The first-order valence-corrected chi connectivity index (χ1v) is 5.52. The quantitative estimate of drug-likeness (QED) is 0.766. The van der Waals surface area contributed by atoms with Gasteiger partial charge in [-0.3, -0.25) is 9.59 Å². The van der Waals surface area contributed by atoms with Crippen LogP contribution in [-0.2, 0) is 14.3 Å². The van der Waals surface area contributed by atoms with Crippen LogP contribution >= 0.6 is 0 Å². The summed E-state index contributed by atoms with van der Waals surface area (Å²) in [4.78, 5) is 24.4. The standard InChI is InChI=1S/C11H19NO4/c1-7(8(2)11(14)15)10(13)12(3)9-4-5-16-6-9/h7-9H,4-6H2,1-3H3,(H,14,15). The molecular formula is C11H19NO4. The second-order valence-corrected chi connectivity index (χ2v) is 4.38. The van der Waals surface area contributed by atoms with Crippen molar-refractivity contribution in [3.63, 3.8) is 0 Å². The van der Waals surface area contributed by atoms with Crippen LogP contribution in [0.15, 0.2) is 0 Å². The molecule has 3 atom stereocenters. The zero-order chi connectivity index (χ0) is 12.3. The number of hydrogen-bond donors (Lipinski definition) is 1. The predicted molar refractivity (Wildman–Crippen MR) is 58.0 cm³/mol. The highest BCUT2D eigenvalue weighted by atomic mass is 16.5. The van der Waals surface area contributed by atoms with Crippen molar-refractivity contribution in [1.29, 1.82) is 0 Å². The van der Waals surface area contributed by atoms with Crippen LogP contribution in [0.2, 0.25) is 0 Å². The van der Waals surface area contributed by atoms with Gasteiger partial charge in [0.25, 0.3) is 0 Å². The molecule has 1 heterocycles. The predicted octanol–water partition coefficient (Wildman–Crippen LogP) is 0.591. The molecule has 0 aromatic rings. The number of aliphatic carboxylic acids is 1. The number of carbonyl (C=O) groups is 2. The van der Waals surface area contributed by atoms with Crippen LogP contribution in [0.3, 0.4) is 0 Å². The van der Waals surface area contributed by atoms with Gasteiger partial charge in [-0.15, -0.1) is 0 Å². The fraction of sp³-hybridized carbons (Fsp3) is 0.818. The van der Waals surface area contributed by atoms with Crippen LogP contribution in [0, 0.1) is 11.8 Å². The van der Waals surface area contributed by atoms with E-state index >= 15 is 0 Å². The lowest BCUT2D eigenvalue weighted by Gasteiger charge is -2.27. The molecule has 1 aliphatic rings. The van der Waals surface area contributed by atoms with Gasteiger partial charge in [-0.2, -0.15) is 0 Å². The van der Waals surface area contributed by atoms with Crippen LogP contribution in [0.5, 0.6) is 0 Å². The number of likely N-dealkylation sites (N-methyl/N-ethyl adjacent to an activating group) is 1. The highest BCUT2D eigenvalue weighted by Crippen LogP contribution is 2.18. The lowest BCUT2D eigenvalue weighted by Crippen LogP contribution is -2.43. The lowest BCUT2D eigenvalue weighted by molar-refractivity contribution is -0.149. The minimum Gasteiger partial charge on any atom is -0.481 e. The molecule has 0 aromatic heterocycles. The summed E-state index contributed by atoms with van der Waals surface area (Å²) in [5.74, 6) is -2.21. The van der Waals surface area contributed by atoms with Gasteiger partial charge in [0, 0.05) is 19.6 Å². The normalized spacial score (nSPS) is 23.8. The van der Waals surface area contributed by atoms with E-state index in [0.717, 1.165) is 6.42 Å². The summed E-state index contributed by atoms with van der Waals surface area (Å²) in [7, 11) is 1.72. The zero-order valence-corrected chi connectivity index (χ0v) is 9.97. The number of hydrogen-bond acceptors (Lipinski definition) is 3. The van der Waals surface area contributed by atoms with E-state index in [1.165, 1.54) is 0 Å². The van der Waals surface area contributed by atoms with E-state index in [9.17, 15) is 9.59 Å². The van der Waals surface area contributed by atoms with E-state index in [1.54, 1.807) is 25.8 Å². The van der Waals surface area contributed by atoms with E-state index in [0.29, 0.717) is 13.2 Å². The topological polar surface area (TPSA) is 66.8 Å². The van der Waals surface area contributed by atoms with Crippen molar-refractivity contribution in [3.05, 3.63) is 0 Å². The van der Waals surface area contributed by atoms with Crippen molar-refractivity contribution in [3.8, 4) is 0 Å². The van der Waals surface area contributed by atoms with Gasteiger partial charge in [-0.1, -0.05) is 13.8 Å². The Morgan fingerprint density at radius 1 is 1.38 bits per heavy atom. The van der Waals surface area contributed by atoms with Crippen LogP contribution in [-0.4, -0.2) is 48.2 Å². The van der Waals surface area contributed by atoms with Crippen LogP contribution in [0.4, 0.5) is 0 Å². The maximum atomic E-state index is 12.0. The van der Waals surface area contributed by atoms with Crippen molar-refractivity contribution >= 4 is 11.9 Å². The first kappa shape index (κ1) is 13.0. The van der Waals surface area contributed by atoms with Gasteiger partial charge in [0.15, 0.2) is 0 Å². The van der Waals surface area contributed by atoms with Crippen molar-refractivity contribution in [1.82, 2.24) is 4.90 Å². The second kappa shape index (κ2) is 5.30. The van der Waals surface area contributed by atoms with Gasteiger partial charge in [0.2, 0.25) is 5.91 Å². The fourth-order valence-corrected chi connectivity index (χ4v) is 1.76. The Labute approximate surface area is 95.4 Å². The molecule has 1 N–H and O–H groups in total. The molecule has 1 amide bonds. The molecule has 1 rings (SSSR count). The third-order valence-corrected chi connectivity index (χ3v) is 3.33. The average molecular weight is 229 g/mol. The Hall–Kier alpha value is -1.10. The fourth-order valence-electron chi connectivity index (χ4n) is 1.76. The molecule has 3 unspecified atom stereocenters. The smallest absolute Gasteiger partial charge is 0.307 e. The van der Waals surface area contributed by atoms with Crippen molar-refractivity contribution < 1.29 is 19.4 Å². The zero-order valence-electron chi connectivity index (χ0n) is 9.97. The molecule has 1 fully saturated rings. The summed E-state index contributed by atoms with van der Waals surface area (Å²) >= 11 is 0. The molecule has 5 nitrogen and oxygen atoms in total. The number of carbonyl (C=O) groups excluding carboxylic acids is 1. The Balaban J connectivity index is 2.58. The van der Waals surface area contributed by atoms with E-state index < -0.39 is 17.8 Å². The van der Waals surface area contributed by atoms with Crippen LogP contribution < -0.4 is 0 Å². The van der Waals surface area contributed by atoms with Crippen LogP contribution in [0.25, 0.3) is 0 Å². The number of ether oxygens (including phenoxy) is 1. The third kappa shape index (κ3) is 2.72. The number of rotatable bonds is 4. The van der Waals surface area contributed by atoms with Gasteiger partial charge in [-0.05, 0) is 6.42 Å². The summed E-state index contributed by atoms with van der Waals surface area (Å²) in [6.07, 6.45) is 0.830. The van der Waals surface area contributed by atoms with Crippen molar-refractivity contribution in [2.45, 2.75) is 26.3 Å². The van der Waals surface area contributed by atoms with Gasteiger partial charge in [0.05, 0.1) is 18.6 Å². The van der Waals surface area contributed by atoms with E-state index in [4.69, 9.17) is 9.84 Å². The van der Waals surface area contributed by atoms with Gasteiger partial charge in [0.1, 0.15) is 0 Å². The molecule has 0 spiro atoms. The number of carboxylic acids is 1. The molecule has 0 saturated carbocycles. The minimum atomic E-state index is -0.933. The van der Waals surface area contributed by atoms with Gasteiger partial charge >= 0.3 is 5.97 Å². The maximum Gasteiger partial charge on any atom is 0.307 e. The third-order valence-electron chi connectivity index (χ3n) is 3.33. The molecule has 1 saturated heterocycles. The molecule has 0 radical (unpaired) electrons. The summed E-state index contributed by atoms with van der Waals surface area (Å²) in [6.45, 7) is 4.44. The molecule has 5 heteroatoms. The summed E-state index contributed by atoms with van der Waals surface area (Å²) in [5.41, 5.74) is 0. The summed E-state index contributed by atoms with van der Waals surface area (Å²) in [5, 5.41) is 8.85. The molecule has 0 aliphatic carbocycles. The number of amides is 1. The monoisotopic (exact) mass is 229 g/mol. The highest BCUT2D eigenvalue weighted by molar-refractivity contribution is 5.84. The molecule has 0 aromatic carbocycles. The van der Waals surface area contributed by atoms with E-state index in [-0.39, 0.29) is 11.9 Å². The Bertz CT molecular complexity index is 273. The molecule has 0 bridgehead atoms. The van der Waals surface area contributed by atoms with Crippen molar-refractivity contribution in [2.24, 2.45) is 11.8 Å². The van der Waals surface area contributed by atoms with E-state index in [1.807, 2.05) is 0 Å². The van der Waals surface area contributed by atoms with Crippen molar-refractivity contribution in [2.75, 3.05) is 20.3 Å². The Kier molecular flexibility index (Phi) is 4.29. The first-order chi connectivity index (χ1) is 7.45. The molecule has 92 valence electrons. The SMILES string of the molecule is CC(C(=O)O)C(C)C(=O)N(C)C1CCOC1. The van der Waals surface area contributed by atoms with Crippen LogP contribution in [0.1, 0.15) is 20.3 Å². The van der Waals surface area contributed by atoms with Gasteiger partial charge < -0.3 is 14.7 Å². The highest BCUT2D eigenvalue weighted by Gasteiger charge is 2.32. The molecule has 1 aliphatic heterocycles. The maximum absolute atomic E-state index is 12.0. The molecule has 16 heavy (non-hydrogen) atoms. The largest absolute Gasteiger partial charge is 0.481 e. The first-order valence-electron chi connectivity index (χ1n) is 5.52. The van der Waals surface area contributed by atoms with E-state index in [2.05, 4.69) is 0 Å². The number of carboxylic acid groups (broad SMARTS) is 1. The van der Waals surface area contributed by atoms with Gasteiger partial charge in [-0.25, -0.2) is 0 Å². The average Bonchev–Trinajstić information content (AvgIpc) is 2.78. The second-order valence-electron chi connectivity index (χ2n) is 4.38. The summed E-state index contributed by atoms with van der Waals surface area (Å²) < 4.78 is 5.21. The summed E-state index contributed by atoms with van der Waals surface area (Å²) in [6, 6.07) is 0.0935. The Morgan fingerprint density at radius 3 is 2.44 bits per heavy atom. The minimum absolute atomic E-state index is 0.0935. The lowest BCUT2D eigenvalue weighted by atomic mass is 9.94. The molecular weight excluding hydrogens is 210 g/mol.